The zero-order valence-electron chi connectivity index (χ0n) is 16.3. The van der Waals surface area contributed by atoms with Crippen molar-refractivity contribution < 1.29 is 9.90 Å². The van der Waals surface area contributed by atoms with E-state index in [0.717, 1.165) is 12.8 Å². The highest BCUT2D eigenvalue weighted by molar-refractivity contribution is 5.83. The van der Waals surface area contributed by atoms with Crippen molar-refractivity contribution >= 4 is 5.78 Å². The van der Waals surface area contributed by atoms with E-state index in [1.165, 1.54) is 25.7 Å². The van der Waals surface area contributed by atoms with Crippen LogP contribution in [0, 0.1) is 40.4 Å². The Morgan fingerprint density at radius 1 is 1.20 bits per heavy atom. The summed E-state index contributed by atoms with van der Waals surface area (Å²) in [5.41, 5.74) is 3.70. The lowest BCUT2D eigenvalue weighted by Crippen LogP contribution is -2.47. The first kappa shape index (κ1) is 17.5. The molecule has 1 N–H and O–H groups in total. The van der Waals surface area contributed by atoms with E-state index < -0.39 is 0 Å². The molecule has 0 bridgehead atoms. The predicted octanol–water partition coefficient (Wildman–Crippen LogP) is 4.93. The van der Waals surface area contributed by atoms with Crippen LogP contribution in [0.25, 0.3) is 0 Å². The van der Waals surface area contributed by atoms with Gasteiger partial charge in [-0.3, -0.25) is 4.79 Å². The van der Waals surface area contributed by atoms with Gasteiger partial charge in [0.2, 0.25) is 0 Å². The van der Waals surface area contributed by atoms with E-state index in [-0.39, 0.29) is 29.1 Å². The van der Waals surface area contributed by atoms with Gasteiger partial charge in [-0.15, -0.1) is 0 Å². The van der Waals surface area contributed by atoms with Crippen LogP contribution in [0.2, 0.25) is 0 Å². The zero-order valence-corrected chi connectivity index (χ0v) is 16.3. The van der Waals surface area contributed by atoms with Crippen molar-refractivity contribution in [1.29, 1.82) is 0 Å². The Morgan fingerprint density at radius 3 is 2.68 bits per heavy atom. The summed E-state index contributed by atoms with van der Waals surface area (Å²) < 4.78 is 0. The summed E-state index contributed by atoms with van der Waals surface area (Å²) in [6, 6.07) is 0. The quantitative estimate of drug-likeness (QED) is 0.723. The van der Waals surface area contributed by atoms with Gasteiger partial charge in [0.15, 0.2) is 5.78 Å². The Labute approximate surface area is 152 Å². The van der Waals surface area contributed by atoms with Gasteiger partial charge >= 0.3 is 0 Å². The fraction of sp³-hybridized carbons (Fsp3) is 0.783. The summed E-state index contributed by atoms with van der Waals surface area (Å²) in [5, 5.41) is 9.52. The fourth-order valence-electron chi connectivity index (χ4n) is 7.64. The van der Waals surface area contributed by atoms with Crippen LogP contribution >= 0.6 is 0 Å². The molecule has 0 aromatic carbocycles. The number of hydrogen-bond acceptors (Lipinski definition) is 2. The highest BCUT2D eigenvalue weighted by atomic mass is 16.3. The molecular weight excluding hydrogens is 308 g/mol. The van der Waals surface area contributed by atoms with Crippen LogP contribution in [0.3, 0.4) is 0 Å². The second kappa shape index (κ2) is 5.81. The van der Waals surface area contributed by atoms with Crippen LogP contribution in [0.1, 0.15) is 66.2 Å². The highest BCUT2D eigenvalue weighted by Gasteiger charge is 2.59. The first-order valence-corrected chi connectivity index (χ1v) is 10.4. The highest BCUT2D eigenvalue weighted by Crippen LogP contribution is 2.66. The van der Waals surface area contributed by atoms with Gasteiger partial charge in [0.25, 0.3) is 0 Å². The minimum atomic E-state index is -0.292. The molecule has 0 heterocycles. The molecule has 25 heavy (non-hydrogen) atoms. The predicted molar refractivity (Wildman–Crippen MR) is 101 cm³/mol. The van der Waals surface area contributed by atoms with Gasteiger partial charge < -0.3 is 5.11 Å². The Kier molecular flexibility index (Phi) is 4.07. The summed E-state index contributed by atoms with van der Waals surface area (Å²) in [6.45, 7) is 9.20. The number of ketones is 1. The van der Waals surface area contributed by atoms with Gasteiger partial charge in [-0.2, -0.15) is 0 Å². The first-order chi connectivity index (χ1) is 11.8. The van der Waals surface area contributed by atoms with E-state index >= 15 is 0 Å². The van der Waals surface area contributed by atoms with Crippen LogP contribution in [0.15, 0.2) is 23.3 Å². The van der Waals surface area contributed by atoms with Crippen molar-refractivity contribution in [1.82, 2.24) is 0 Å². The molecule has 7 atom stereocenters. The molecule has 2 nitrogen and oxygen atoms in total. The molecule has 0 saturated heterocycles. The lowest BCUT2D eigenvalue weighted by atomic mass is 9.49. The molecule has 0 aliphatic heterocycles. The van der Waals surface area contributed by atoms with Gasteiger partial charge in [-0.05, 0) is 67.6 Å². The lowest BCUT2D eigenvalue weighted by molar-refractivity contribution is -0.131. The molecule has 2 fully saturated rings. The van der Waals surface area contributed by atoms with Crippen molar-refractivity contribution in [3.8, 4) is 0 Å². The average Bonchev–Trinajstić information content (AvgIpc) is 2.85. The zero-order chi connectivity index (χ0) is 18.0. The molecule has 0 spiro atoms. The molecule has 0 aromatic heterocycles. The van der Waals surface area contributed by atoms with Gasteiger partial charge in [0.05, 0.1) is 0 Å². The van der Waals surface area contributed by atoms with Crippen molar-refractivity contribution in [2.45, 2.75) is 66.2 Å². The number of carbonyl (C=O) groups is 1. The van der Waals surface area contributed by atoms with Crippen LogP contribution < -0.4 is 0 Å². The molecule has 4 aliphatic rings. The number of hydrogen-bond donors (Lipinski definition) is 1. The average molecular weight is 343 g/mol. The Bertz CT molecular complexity index is 644. The Morgan fingerprint density at radius 2 is 1.96 bits per heavy atom. The second-order valence-corrected chi connectivity index (χ2v) is 9.92. The maximum Gasteiger partial charge on any atom is 0.162 e. The van der Waals surface area contributed by atoms with E-state index in [4.69, 9.17) is 0 Å². The number of rotatable bonds is 2. The Balaban J connectivity index is 1.76. The van der Waals surface area contributed by atoms with Crippen molar-refractivity contribution in [2.75, 3.05) is 6.61 Å². The summed E-state index contributed by atoms with van der Waals surface area (Å²) in [6.07, 6.45) is 12.3. The van der Waals surface area contributed by atoms with Crippen molar-refractivity contribution in [2.24, 2.45) is 40.4 Å². The van der Waals surface area contributed by atoms with E-state index in [9.17, 15) is 9.90 Å². The maximum absolute atomic E-state index is 12.5. The third-order valence-corrected chi connectivity index (χ3v) is 8.56. The molecular formula is C23H34O2. The Hall–Kier alpha value is -0.890. The number of allylic oxidation sites excluding steroid dienone is 4. The van der Waals surface area contributed by atoms with Crippen LogP contribution in [0.4, 0.5) is 0 Å². The molecule has 2 heteroatoms. The molecule has 7 unspecified atom stereocenters. The third kappa shape index (κ3) is 2.29. The van der Waals surface area contributed by atoms with E-state index in [2.05, 4.69) is 39.8 Å². The van der Waals surface area contributed by atoms with E-state index in [0.29, 0.717) is 23.7 Å². The molecule has 0 radical (unpaired) electrons. The smallest absolute Gasteiger partial charge is 0.162 e. The largest absolute Gasteiger partial charge is 0.389 e. The van der Waals surface area contributed by atoms with Crippen LogP contribution in [-0.4, -0.2) is 17.5 Å². The third-order valence-electron chi connectivity index (χ3n) is 8.56. The number of carbonyl (C=O) groups excluding carboxylic acids is 1. The SMILES string of the molecule is CC1CC2C(=CCC3(C)C2CC(C)C3C(=O)CO)C2(C)CCCC=C12. The van der Waals surface area contributed by atoms with Crippen LogP contribution in [0.5, 0.6) is 0 Å². The molecule has 4 aliphatic carbocycles. The summed E-state index contributed by atoms with van der Waals surface area (Å²) in [5.74, 6) is 2.40. The molecule has 138 valence electrons. The number of fused-ring (bicyclic) bond motifs is 5. The maximum atomic E-state index is 12.5. The second-order valence-electron chi connectivity index (χ2n) is 9.92. The topological polar surface area (TPSA) is 37.3 Å². The van der Waals surface area contributed by atoms with E-state index in [1.807, 2.05) is 0 Å². The fourth-order valence-corrected chi connectivity index (χ4v) is 7.64. The van der Waals surface area contributed by atoms with Crippen molar-refractivity contribution in [3.05, 3.63) is 23.3 Å². The minimum absolute atomic E-state index is 0.0340. The monoisotopic (exact) mass is 342 g/mol. The number of aliphatic hydroxyl groups excluding tert-OH is 1. The van der Waals surface area contributed by atoms with E-state index in [1.54, 1.807) is 11.1 Å². The van der Waals surface area contributed by atoms with Crippen molar-refractivity contribution in [3.63, 3.8) is 0 Å². The normalized spacial score (nSPS) is 48.8. The van der Waals surface area contributed by atoms with Crippen LogP contribution in [-0.2, 0) is 4.79 Å². The molecule has 4 rings (SSSR count). The summed E-state index contributed by atoms with van der Waals surface area (Å²) in [7, 11) is 0. The van der Waals surface area contributed by atoms with Gasteiger partial charge in [0, 0.05) is 11.3 Å². The first-order valence-electron chi connectivity index (χ1n) is 10.4. The molecule has 0 aromatic rings. The van der Waals surface area contributed by atoms with Gasteiger partial charge in [-0.25, -0.2) is 0 Å². The minimum Gasteiger partial charge on any atom is -0.389 e. The molecule has 0 amide bonds. The summed E-state index contributed by atoms with van der Waals surface area (Å²) in [4.78, 5) is 12.5. The lowest BCUT2D eigenvalue weighted by Gasteiger charge is -2.55. The summed E-state index contributed by atoms with van der Waals surface area (Å²) >= 11 is 0. The molecule has 2 saturated carbocycles. The standard InChI is InChI=1S/C23H34O2/c1-14-11-16-18(22(3)9-6-5-7-17(14)22)8-10-23(4)19(16)12-15(2)21(23)20(25)13-24/h7-8,14-16,19,21,24H,5-6,9-13H2,1-4H3. The van der Waals surface area contributed by atoms with Gasteiger partial charge in [0.1, 0.15) is 6.61 Å². The van der Waals surface area contributed by atoms with Gasteiger partial charge in [-0.1, -0.05) is 51.0 Å². The number of aliphatic hydroxyl groups is 1. The number of Topliss-reactive ketones (excluding diaryl/α,β-unsaturated/α-hetero) is 1.